The van der Waals surface area contributed by atoms with E-state index in [1.165, 1.54) is 23.8 Å². The summed E-state index contributed by atoms with van der Waals surface area (Å²) >= 11 is 7.66. The van der Waals surface area contributed by atoms with Crippen LogP contribution in [-0.4, -0.2) is 34.6 Å². The maximum Gasteiger partial charge on any atom is 0.418 e. The fourth-order valence-corrected chi connectivity index (χ4v) is 8.35. The lowest BCUT2D eigenvalue weighted by Gasteiger charge is -2.30. The van der Waals surface area contributed by atoms with Gasteiger partial charge in [0.15, 0.2) is 0 Å². The number of para-hydroxylation sites is 1. The van der Waals surface area contributed by atoms with Crippen LogP contribution in [0.3, 0.4) is 0 Å². The third-order valence-electron chi connectivity index (χ3n) is 7.40. The topological polar surface area (TPSA) is 97.7 Å². The van der Waals surface area contributed by atoms with E-state index in [9.17, 15) is 32.3 Å². The number of hydrogen-bond donors (Lipinski definition) is 1. The Hall–Kier alpha value is -4.07. The Labute approximate surface area is 261 Å². The first-order chi connectivity index (χ1) is 21.0. The summed E-state index contributed by atoms with van der Waals surface area (Å²) in [6.07, 6.45) is -4.82. The number of ether oxygens (including phenoxy) is 1. The molecule has 0 spiro atoms. The number of imide groups is 1. The lowest BCUT2D eigenvalue weighted by molar-refractivity contribution is -0.137. The lowest BCUT2D eigenvalue weighted by Crippen LogP contribution is -2.33. The molecule has 44 heavy (non-hydrogen) atoms. The van der Waals surface area contributed by atoms with Crippen LogP contribution in [-0.2, 0) is 27.1 Å². The van der Waals surface area contributed by atoms with Crippen LogP contribution in [0.1, 0.15) is 21.9 Å². The molecule has 0 radical (unpaired) electrons. The number of nitrogens with one attached hydrogen (secondary N) is 1. The van der Waals surface area contributed by atoms with E-state index in [1.54, 1.807) is 48.5 Å². The van der Waals surface area contributed by atoms with Gasteiger partial charge in [0.05, 0.1) is 29.3 Å². The van der Waals surface area contributed by atoms with Crippen LogP contribution >= 0.6 is 34.7 Å². The molecule has 1 fully saturated rings. The number of fused-ring (bicyclic) bond motifs is 2. The van der Waals surface area contributed by atoms with E-state index in [1.807, 2.05) is 0 Å². The molecule has 8 nitrogen and oxygen atoms in total. The van der Waals surface area contributed by atoms with E-state index >= 15 is 0 Å². The van der Waals surface area contributed by atoms with Crippen LogP contribution in [0, 0.1) is 5.92 Å². The number of methoxy groups -OCH3 is 1. The van der Waals surface area contributed by atoms with Gasteiger partial charge in [-0.05, 0) is 54.1 Å². The van der Waals surface area contributed by atoms with Crippen LogP contribution in [0.4, 0.5) is 24.5 Å². The molecular weight excluding hydrogens is 639 g/mol. The van der Waals surface area contributed by atoms with Crippen molar-refractivity contribution >= 4 is 63.8 Å². The minimum Gasteiger partial charge on any atom is -0.497 e. The molecule has 2 aliphatic rings. The Morgan fingerprint density at radius 3 is 2.32 bits per heavy atom. The van der Waals surface area contributed by atoms with Gasteiger partial charge in [0, 0.05) is 21.5 Å². The highest BCUT2D eigenvalue weighted by Gasteiger charge is 2.57. The SMILES string of the molecule is COc1ccc(C2c3sc(=O)n(CC(=O)Nc4ccc(Cl)cc4)c3SC3C(=O)N(c4ccccc4C(F)(F)F)C(=O)C32)cc1. The van der Waals surface area contributed by atoms with Gasteiger partial charge in [0.25, 0.3) is 0 Å². The molecule has 3 unspecified atom stereocenters. The third-order valence-corrected chi connectivity index (χ3v) is 10.3. The summed E-state index contributed by atoms with van der Waals surface area (Å²) in [6, 6.07) is 17.5. The summed E-state index contributed by atoms with van der Waals surface area (Å²) in [6.45, 7) is -0.393. The fourth-order valence-electron chi connectivity index (χ4n) is 5.45. The van der Waals surface area contributed by atoms with Crippen LogP contribution in [0.5, 0.6) is 5.75 Å². The van der Waals surface area contributed by atoms with Gasteiger partial charge in [-0.1, -0.05) is 59.0 Å². The number of halogens is 4. The second-order valence-electron chi connectivity index (χ2n) is 10.0. The smallest absolute Gasteiger partial charge is 0.418 e. The predicted octanol–water partition coefficient (Wildman–Crippen LogP) is 6.03. The Balaban J connectivity index is 1.43. The zero-order valence-electron chi connectivity index (χ0n) is 22.6. The molecule has 1 saturated heterocycles. The summed E-state index contributed by atoms with van der Waals surface area (Å²) in [4.78, 5) is 54.7. The highest BCUT2D eigenvalue weighted by molar-refractivity contribution is 8.00. The van der Waals surface area contributed by atoms with Crippen molar-refractivity contribution in [1.29, 1.82) is 0 Å². The van der Waals surface area contributed by atoms with E-state index in [4.69, 9.17) is 16.3 Å². The molecular formula is C30H21ClF3N3O5S2. The molecule has 3 amide bonds. The highest BCUT2D eigenvalue weighted by Crippen LogP contribution is 2.54. The van der Waals surface area contributed by atoms with Crippen molar-refractivity contribution in [2.45, 2.75) is 28.9 Å². The molecule has 14 heteroatoms. The van der Waals surface area contributed by atoms with Gasteiger partial charge < -0.3 is 10.1 Å². The number of nitrogens with zero attached hydrogens (tertiary/aromatic N) is 2. The van der Waals surface area contributed by atoms with Crippen molar-refractivity contribution in [1.82, 2.24) is 4.57 Å². The number of thioether (sulfide) groups is 1. The van der Waals surface area contributed by atoms with Crippen molar-refractivity contribution in [2.75, 3.05) is 17.3 Å². The number of carbonyl (C=O) groups excluding carboxylic acids is 3. The van der Waals surface area contributed by atoms with E-state index in [2.05, 4.69) is 5.32 Å². The Morgan fingerprint density at radius 2 is 1.66 bits per heavy atom. The van der Waals surface area contributed by atoms with Crippen LogP contribution < -0.4 is 19.8 Å². The Bertz CT molecular complexity index is 1840. The van der Waals surface area contributed by atoms with E-state index < -0.39 is 63.7 Å². The van der Waals surface area contributed by atoms with Crippen LogP contribution in [0.2, 0.25) is 5.02 Å². The number of hydrogen-bond acceptors (Lipinski definition) is 7. The van der Waals surface area contributed by atoms with Gasteiger partial charge in [0.1, 0.15) is 17.5 Å². The maximum absolute atomic E-state index is 14.0. The molecule has 6 rings (SSSR count). The number of carbonyl (C=O) groups is 3. The minimum atomic E-state index is -4.82. The maximum atomic E-state index is 14.0. The number of benzene rings is 3. The highest BCUT2D eigenvalue weighted by atomic mass is 35.5. The molecule has 4 aromatic rings. The van der Waals surface area contributed by atoms with Gasteiger partial charge in [-0.15, -0.1) is 0 Å². The molecule has 0 saturated carbocycles. The second-order valence-corrected chi connectivity index (χ2v) is 12.6. The average molecular weight is 660 g/mol. The first-order valence-corrected chi connectivity index (χ1v) is 15.2. The molecule has 3 heterocycles. The summed E-state index contributed by atoms with van der Waals surface area (Å²) in [7, 11) is 1.48. The molecule has 1 N–H and O–H groups in total. The predicted molar refractivity (Wildman–Crippen MR) is 161 cm³/mol. The largest absolute Gasteiger partial charge is 0.497 e. The molecule has 1 aromatic heterocycles. The van der Waals surface area contributed by atoms with Gasteiger partial charge in [-0.3, -0.25) is 23.7 Å². The van der Waals surface area contributed by atoms with Crippen molar-refractivity contribution in [2.24, 2.45) is 5.92 Å². The molecule has 3 atom stereocenters. The monoisotopic (exact) mass is 659 g/mol. The van der Waals surface area contributed by atoms with E-state index in [0.717, 1.165) is 35.2 Å². The number of thiazole rings is 1. The second kappa shape index (κ2) is 11.5. The van der Waals surface area contributed by atoms with Gasteiger partial charge in [-0.2, -0.15) is 13.2 Å². The molecule has 226 valence electrons. The number of aromatic nitrogens is 1. The Kier molecular flexibility index (Phi) is 7.80. The van der Waals surface area contributed by atoms with Gasteiger partial charge >= 0.3 is 11.0 Å². The summed E-state index contributed by atoms with van der Waals surface area (Å²) in [5, 5.41) is 2.33. The number of amides is 3. The molecule has 3 aromatic carbocycles. The first-order valence-electron chi connectivity index (χ1n) is 13.1. The zero-order chi connectivity index (χ0) is 31.3. The van der Waals surface area contributed by atoms with Gasteiger partial charge in [0.2, 0.25) is 17.7 Å². The summed E-state index contributed by atoms with van der Waals surface area (Å²) in [5.74, 6) is -3.59. The molecule has 0 bridgehead atoms. The van der Waals surface area contributed by atoms with E-state index in [-0.39, 0.29) is 0 Å². The van der Waals surface area contributed by atoms with Gasteiger partial charge in [-0.25, -0.2) is 4.90 Å². The quantitative estimate of drug-likeness (QED) is 0.254. The molecule has 2 aliphatic heterocycles. The third kappa shape index (κ3) is 5.29. The van der Waals surface area contributed by atoms with Crippen LogP contribution in [0.15, 0.2) is 82.6 Å². The average Bonchev–Trinajstić information content (AvgIpc) is 3.44. The normalized spacial score (nSPS) is 19.5. The number of anilines is 2. The number of alkyl halides is 3. The Morgan fingerprint density at radius 1 is 0.977 bits per heavy atom. The lowest BCUT2D eigenvalue weighted by atomic mass is 9.83. The zero-order valence-corrected chi connectivity index (χ0v) is 25.0. The fraction of sp³-hybridized carbons (Fsp3) is 0.200. The molecule has 0 aliphatic carbocycles. The van der Waals surface area contributed by atoms with Crippen molar-refractivity contribution < 1.29 is 32.3 Å². The van der Waals surface area contributed by atoms with Crippen LogP contribution in [0.25, 0.3) is 0 Å². The summed E-state index contributed by atoms with van der Waals surface area (Å²) < 4.78 is 48.3. The van der Waals surface area contributed by atoms with E-state index in [0.29, 0.717) is 36.8 Å². The first kappa shape index (κ1) is 30.0. The summed E-state index contributed by atoms with van der Waals surface area (Å²) in [5.41, 5.74) is -0.650. The number of rotatable bonds is 6. The minimum absolute atomic E-state index is 0.306. The van der Waals surface area contributed by atoms with Crippen molar-refractivity contribution in [3.63, 3.8) is 0 Å². The van der Waals surface area contributed by atoms with Crippen molar-refractivity contribution in [3.8, 4) is 5.75 Å². The van der Waals surface area contributed by atoms with Crippen molar-refractivity contribution in [3.05, 3.63) is 103 Å². The standard InChI is InChI=1S/C30H21ClF3N3O5S2/c1-42-18-12-6-15(7-13-18)22-23-24(27(40)37(26(23)39)20-5-3-2-4-19(20)30(32,33)34)43-28-25(22)44-29(41)36(28)14-21(38)35-17-10-8-16(31)9-11-17/h2-13,22-24H,14H2,1H3,(H,35,38).